The molecule has 144 valence electrons. The van der Waals surface area contributed by atoms with Gasteiger partial charge in [0.1, 0.15) is 29.3 Å². The second-order valence-electron chi connectivity index (χ2n) is 6.13. The van der Waals surface area contributed by atoms with Crippen LogP contribution in [0.1, 0.15) is 16.1 Å². The van der Waals surface area contributed by atoms with Crippen molar-refractivity contribution in [3.63, 3.8) is 0 Å². The number of anilines is 2. The molecule has 0 saturated heterocycles. The normalized spacial score (nSPS) is 10.2. The van der Waals surface area contributed by atoms with E-state index in [4.69, 9.17) is 9.47 Å². The summed E-state index contributed by atoms with van der Waals surface area (Å²) in [4.78, 5) is 22.7. The van der Waals surface area contributed by atoms with E-state index in [1.807, 2.05) is 30.3 Å². The SMILES string of the molecule is COc1ccc(OC)c(Nc2cc(C(=O)N(C)Cc3ccccc3)ncn2)c1. The van der Waals surface area contributed by atoms with Crippen LogP contribution in [0.3, 0.4) is 0 Å². The van der Waals surface area contributed by atoms with Crippen molar-refractivity contribution in [2.45, 2.75) is 6.54 Å². The van der Waals surface area contributed by atoms with Gasteiger partial charge < -0.3 is 19.7 Å². The Kier molecular flexibility index (Phi) is 6.06. The van der Waals surface area contributed by atoms with Gasteiger partial charge in [0.05, 0.1) is 19.9 Å². The monoisotopic (exact) mass is 378 g/mol. The smallest absolute Gasteiger partial charge is 0.272 e. The molecular formula is C21H22N4O3. The summed E-state index contributed by atoms with van der Waals surface area (Å²) >= 11 is 0. The molecule has 0 radical (unpaired) electrons. The number of benzene rings is 2. The number of nitrogens with zero attached hydrogens (tertiary/aromatic N) is 3. The van der Waals surface area contributed by atoms with Crippen molar-refractivity contribution < 1.29 is 14.3 Å². The maximum absolute atomic E-state index is 12.7. The molecule has 0 spiro atoms. The fourth-order valence-corrected chi connectivity index (χ4v) is 2.72. The van der Waals surface area contributed by atoms with Crippen molar-refractivity contribution in [3.8, 4) is 11.5 Å². The molecule has 0 aliphatic carbocycles. The molecule has 7 nitrogen and oxygen atoms in total. The van der Waals surface area contributed by atoms with Crippen molar-refractivity contribution >= 4 is 17.4 Å². The first-order valence-electron chi connectivity index (χ1n) is 8.71. The van der Waals surface area contributed by atoms with Crippen LogP contribution < -0.4 is 14.8 Å². The third-order valence-electron chi connectivity index (χ3n) is 4.16. The van der Waals surface area contributed by atoms with E-state index >= 15 is 0 Å². The zero-order valence-electron chi connectivity index (χ0n) is 16.0. The number of rotatable bonds is 7. The van der Waals surface area contributed by atoms with Gasteiger partial charge in [-0.25, -0.2) is 9.97 Å². The lowest BCUT2D eigenvalue weighted by molar-refractivity contribution is 0.0779. The van der Waals surface area contributed by atoms with Gasteiger partial charge in [-0.3, -0.25) is 4.79 Å². The summed E-state index contributed by atoms with van der Waals surface area (Å²) in [6.07, 6.45) is 1.36. The molecule has 0 atom stereocenters. The number of methoxy groups -OCH3 is 2. The Labute approximate surface area is 164 Å². The van der Waals surface area contributed by atoms with Crippen molar-refractivity contribution in [1.29, 1.82) is 0 Å². The first-order chi connectivity index (χ1) is 13.6. The Morgan fingerprint density at radius 2 is 1.82 bits per heavy atom. The second kappa shape index (κ2) is 8.85. The zero-order chi connectivity index (χ0) is 19.9. The highest BCUT2D eigenvalue weighted by atomic mass is 16.5. The van der Waals surface area contributed by atoms with Crippen molar-refractivity contribution in [3.05, 3.63) is 72.2 Å². The van der Waals surface area contributed by atoms with E-state index in [1.54, 1.807) is 50.4 Å². The number of hydrogen-bond donors (Lipinski definition) is 1. The molecule has 2 aromatic carbocycles. The Balaban J connectivity index is 1.78. The predicted octanol–water partition coefficient (Wildman–Crippen LogP) is 3.51. The first-order valence-corrected chi connectivity index (χ1v) is 8.71. The molecule has 28 heavy (non-hydrogen) atoms. The summed E-state index contributed by atoms with van der Waals surface area (Å²) in [5, 5.41) is 3.16. The number of carbonyl (C=O) groups is 1. The van der Waals surface area contributed by atoms with Gasteiger partial charge in [-0.15, -0.1) is 0 Å². The largest absolute Gasteiger partial charge is 0.497 e. The molecule has 7 heteroatoms. The number of nitrogens with one attached hydrogen (secondary N) is 1. The lowest BCUT2D eigenvalue weighted by atomic mass is 10.2. The van der Waals surface area contributed by atoms with Gasteiger partial charge in [0, 0.05) is 25.7 Å². The number of ether oxygens (including phenoxy) is 2. The Morgan fingerprint density at radius 1 is 1.04 bits per heavy atom. The average molecular weight is 378 g/mol. The van der Waals surface area contributed by atoms with E-state index in [9.17, 15) is 4.79 Å². The summed E-state index contributed by atoms with van der Waals surface area (Å²) in [6, 6.07) is 16.8. The predicted molar refractivity (Wildman–Crippen MR) is 107 cm³/mol. The summed E-state index contributed by atoms with van der Waals surface area (Å²) in [5.74, 6) is 1.61. The van der Waals surface area contributed by atoms with Gasteiger partial charge in [-0.05, 0) is 17.7 Å². The number of aromatic nitrogens is 2. The van der Waals surface area contributed by atoms with Crippen LogP contribution in [0.5, 0.6) is 11.5 Å². The summed E-state index contributed by atoms with van der Waals surface area (Å²) in [7, 11) is 4.92. The fraction of sp³-hybridized carbons (Fsp3) is 0.190. The molecule has 0 aliphatic heterocycles. The maximum Gasteiger partial charge on any atom is 0.272 e. The highest BCUT2D eigenvalue weighted by Crippen LogP contribution is 2.31. The molecule has 0 saturated carbocycles. The molecule has 0 aliphatic rings. The molecule has 3 aromatic rings. The molecule has 0 fully saturated rings. The third kappa shape index (κ3) is 4.56. The minimum Gasteiger partial charge on any atom is -0.497 e. The summed E-state index contributed by atoms with van der Waals surface area (Å²) < 4.78 is 10.6. The molecule has 1 aromatic heterocycles. The maximum atomic E-state index is 12.7. The summed E-state index contributed by atoms with van der Waals surface area (Å²) in [6.45, 7) is 0.496. The van der Waals surface area contributed by atoms with E-state index in [0.29, 0.717) is 35.2 Å². The van der Waals surface area contributed by atoms with Gasteiger partial charge in [-0.2, -0.15) is 0 Å². The van der Waals surface area contributed by atoms with Gasteiger partial charge in [0.25, 0.3) is 5.91 Å². The van der Waals surface area contributed by atoms with Gasteiger partial charge in [0.2, 0.25) is 0 Å². The quantitative estimate of drug-likeness (QED) is 0.678. The van der Waals surface area contributed by atoms with Crippen LogP contribution in [0.4, 0.5) is 11.5 Å². The summed E-state index contributed by atoms with van der Waals surface area (Å²) in [5.41, 5.74) is 2.03. The second-order valence-corrected chi connectivity index (χ2v) is 6.13. The zero-order valence-corrected chi connectivity index (χ0v) is 16.0. The lowest BCUT2D eigenvalue weighted by Gasteiger charge is -2.17. The lowest BCUT2D eigenvalue weighted by Crippen LogP contribution is -2.27. The Morgan fingerprint density at radius 3 is 2.54 bits per heavy atom. The topological polar surface area (TPSA) is 76.6 Å². The van der Waals surface area contributed by atoms with E-state index in [2.05, 4.69) is 15.3 Å². The van der Waals surface area contributed by atoms with Gasteiger partial charge in [-0.1, -0.05) is 30.3 Å². The van der Waals surface area contributed by atoms with Crippen LogP contribution in [0.2, 0.25) is 0 Å². The van der Waals surface area contributed by atoms with Gasteiger partial charge >= 0.3 is 0 Å². The minimum atomic E-state index is -0.188. The van der Waals surface area contributed by atoms with E-state index in [0.717, 1.165) is 5.56 Å². The molecule has 1 amide bonds. The van der Waals surface area contributed by atoms with Crippen LogP contribution in [-0.2, 0) is 6.54 Å². The van der Waals surface area contributed by atoms with E-state index in [1.165, 1.54) is 6.33 Å². The van der Waals surface area contributed by atoms with E-state index in [-0.39, 0.29) is 5.91 Å². The highest BCUT2D eigenvalue weighted by Gasteiger charge is 2.15. The number of carbonyl (C=O) groups excluding carboxylic acids is 1. The molecule has 1 heterocycles. The van der Waals surface area contributed by atoms with E-state index < -0.39 is 0 Å². The van der Waals surface area contributed by atoms with Crippen molar-refractivity contribution in [1.82, 2.24) is 14.9 Å². The Hall–Kier alpha value is -3.61. The molecule has 0 unspecified atom stereocenters. The van der Waals surface area contributed by atoms with Crippen LogP contribution in [0, 0.1) is 0 Å². The van der Waals surface area contributed by atoms with Crippen molar-refractivity contribution in [2.24, 2.45) is 0 Å². The standard InChI is InChI=1S/C21H22N4O3/c1-25(13-15-7-5-4-6-8-15)21(26)18-12-20(23-14-22-18)24-17-11-16(27-2)9-10-19(17)28-3/h4-12,14H,13H2,1-3H3,(H,22,23,24). The van der Waals surface area contributed by atoms with Crippen LogP contribution >= 0.6 is 0 Å². The molecule has 3 rings (SSSR count). The average Bonchev–Trinajstić information content (AvgIpc) is 2.74. The van der Waals surface area contributed by atoms with Crippen molar-refractivity contribution in [2.75, 3.05) is 26.6 Å². The Bertz CT molecular complexity index is 947. The molecule has 0 bridgehead atoms. The minimum absolute atomic E-state index is 0.188. The highest BCUT2D eigenvalue weighted by molar-refractivity contribution is 5.92. The molecular weight excluding hydrogens is 356 g/mol. The number of amides is 1. The first kappa shape index (κ1) is 19.2. The fourth-order valence-electron chi connectivity index (χ4n) is 2.72. The van der Waals surface area contributed by atoms with Crippen LogP contribution in [-0.4, -0.2) is 42.0 Å². The number of hydrogen-bond acceptors (Lipinski definition) is 6. The van der Waals surface area contributed by atoms with Gasteiger partial charge in [0.15, 0.2) is 0 Å². The molecule has 1 N–H and O–H groups in total. The van der Waals surface area contributed by atoms with Crippen LogP contribution in [0.15, 0.2) is 60.9 Å². The van der Waals surface area contributed by atoms with Crippen LogP contribution in [0.25, 0.3) is 0 Å². The third-order valence-corrected chi connectivity index (χ3v) is 4.16.